The zero-order valence-electron chi connectivity index (χ0n) is 10.5. The molecule has 0 unspecified atom stereocenters. The highest BCUT2D eigenvalue weighted by Gasteiger charge is 2.14. The monoisotopic (exact) mass is 327 g/mol. The van der Waals surface area contributed by atoms with Crippen molar-refractivity contribution in [3.8, 4) is 0 Å². The van der Waals surface area contributed by atoms with E-state index in [1.165, 1.54) is 12.1 Å². The van der Waals surface area contributed by atoms with Gasteiger partial charge in [0, 0.05) is 10.6 Å². The van der Waals surface area contributed by atoms with Crippen LogP contribution in [-0.2, 0) is 10.0 Å². The van der Waals surface area contributed by atoms with E-state index in [0.717, 1.165) is 5.56 Å². The first-order chi connectivity index (χ1) is 9.38. The van der Waals surface area contributed by atoms with Gasteiger partial charge < -0.3 is 0 Å². The Balaban J connectivity index is 2.37. The molecule has 0 amide bonds. The summed E-state index contributed by atoms with van der Waals surface area (Å²) in [5, 5.41) is 0.446. The molecule has 0 saturated carbocycles. The molecule has 3 nitrogen and oxygen atoms in total. The number of nitrogens with zero attached hydrogens (tertiary/aromatic N) is 1. The predicted octanol–water partition coefficient (Wildman–Crippen LogP) is 4.02. The van der Waals surface area contributed by atoms with Gasteiger partial charge in [-0.05, 0) is 31.2 Å². The highest BCUT2D eigenvalue weighted by molar-refractivity contribution is 7.90. The first-order valence-electron chi connectivity index (χ1n) is 5.71. The highest BCUT2D eigenvalue weighted by atomic mass is 35.5. The largest absolute Gasteiger partial charge is 0.283 e. The molecule has 0 spiro atoms. The molecule has 0 aliphatic carbocycles. The molecule has 0 aromatic heterocycles. The van der Waals surface area contributed by atoms with Gasteiger partial charge in [0.2, 0.25) is 0 Å². The van der Waals surface area contributed by atoms with Crippen molar-refractivity contribution in [1.29, 1.82) is 0 Å². The van der Waals surface area contributed by atoms with Crippen molar-refractivity contribution in [3.05, 3.63) is 64.7 Å². The van der Waals surface area contributed by atoms with E-state index in [0.29, 0.717) is 10.6 Å². The highest BCUT2D eigenvalue weighted by Crippen LogP contribution is 2.17. The van der Waals surface area contributed by atoms with Crippen LogP contribution in [0.15, 0.2) is 57.8 Å². The summed E-state index contributed by atoms with van der Waals surface area (Å²) in [5.74, 6) is 0. The van der Waals surface area contributed by atoms with Crippen LogP contribution < -0.4 is 0 Å². The van der Waals surface area contributed by atoms with Crippen molar-refractivity contribution < 1.29 is 8.42 Å². The van der Waals surface area contributed by atoms with Gasteiger partial charge >= 0.3 is 0 Å². The smallest absolute Gasteiger partial charge is 0.199 e. The van der Waals surface area contributed by atoms with Crippen LogP contribution >= 0.6 is 23.2 Å². The molecule has 2 aromatic rings. The molecule has 0 radical (unpaired) electrons. The third-order valence-electron chi connectivity index (χ3n) is 2.60. The van der Waals surface area contributed by atoms with E-state index in [9.17, 15) is 8.42 Å². The molecule has 6 heteroatoms. The molecular formula is C14H11Cl2NO2S. The summed E-state index contributed by atoms with van der Waals surface area (Å²) in [6.45, 7) is 1.88. The molecule has 0 aliphatic rings. The lowest BCUT2D eigenvalue weighted by Crippen LogP contribution is -2.01. The average Bonchev–Trinajstić information content (AvgIpc) is 2.39. The summed E-state index contributed by atoms with van der Waals surface area (Å²) in [7, 11) is -3.81. The number of halogens is 2. The Bertz CT molecular complexity index is 736. The lowest BCUT2D eigenvalue weighted by molar-refractivity contribution is 0.598. The van der Waals surface area contributed by atoms with Crippen molar-refractivity contribution in [3.63, 3.8) is 0 Å². The minimum Gasteiger partial charge on any atom is -0.199 e. The van der Waals surface area contributed by atoms with Crippen molar-refractivity contribution in [1.82, 2.24) is 0 Å². The fraction of sp³-hybridized carbons (Fsp3) is 0.0714. The molecule has 0 N–H and O–H groups in total. The van der Waals surface area contributed by atoms with E-state index in [-0.39, 0.29) is 10.1 Å². The average molecular weight is 328 g/mol. The molecule has 2 aromatic carbocycles. The van der Waals surface area contributed by atoms with Crippen LogP contribution in [0.4, 0.5) is 0 Å². The molecule has 2 rings (SSSR count). The van der Waals surface area contributed by atoms with Crippen molar-refractivity contribution >= 4 is 38.4 Å². The molecule has 0 atom stereocenters. The Kier molecular flexibility index (Phi) is 4.48. The van der Waals surface area contributed by atoms with Crippen LogP contribution in [0.1, 0.15) is 11.1 Å². The lowest BCUT2D eigenvalue weighted by Gasteiger charge is -2.02. The van der Waals surface area contributed by atoms with Crippen LogP contribution in [0.2, 0.25) is 5.02 Å². The predicted molar refractivity (Wildman–Crippen MR) is 82.2 cm³/mol. The topological polar surface area (TPSA) is 46.5 Å². The maximum absolute atomic E-state index is 12.1. The van der Waals surface area contributed by atoms with Gasteiger partial charge in [0.1, 0.15) is 5.17 Å². The van der Waals surface area contributed by atoms with Crippen molar-refractivity contribution in [2.45, 2.75) is 11.8 Å². The third kappa shape index (κ3) is 3.60. The van der Waals surface area contributed by atoms with Gasteiger partial charge in [0.05, 0.1) is 4.90 Å². The number of rotatable bonds is 3. The summed E-state index contributed by atoms with van der Waals surface area (Å²) in [6.07, 6.45) is 0. The second kappa shape index (κ2) is 5.95. The second-order valence-corrected chi connectivity index (χ2v) is 6.58. The standard InChI is InChI=1S/C14H11Cl2NO2S/c1-10-2-8-13(9-3-10)20(18,19)17-14(16)11-4-6-12(15)7-5-11/h2-9H,1H3/b17-14+. The van der Waals surface area contributed by atoms with Gasteiger partial charge in [0.15, 0.2) is 0 Å². The van der Waals surface area contributed by atoms with Crippen LogP contribution in [0.3, 0.4) is 0 Å². The number of hydrogen-bond acceptors (Lipinski definition) is 2. The number of benzene rings is 2. The van der Waals surface area contributed by atoms with E-state index in [1.807, 2.05) is 6.92 Å². The van der Waals surface area contributed by atoms with Gasteiger partial charge in [0.25, 0.3) is 10.0 Å². The van der Waals surface area contributed by atoms with Gasteiger partial charge in [-0.3, -0.25) is 0 Å². The summed E-state index contributed by atoms with van der Waals surface area (Å²) in [4.78, 5) is 0.107. The van der Waals surface area contributed by atoms with Crippen LogP contribution in [0, 0.1) is 6.92 Å². The summed E-state index contributed by atoms with van der Waals surface area (Å²) < 4.78 is 27.8. The molecular weight excluding hydrogens is 317 g/mol. The third-order valence-corrected chi connectivity index (χ3v) is 4.55. The van der Waals surface area contributed by atoms with Gasteiger partial charge in [-0.2, -0.15) is 8.42 Å². The SMILES string of the molecule is Cc1ccc(S(=O)(=O)/N=C(/Cl)c2ccc(Cl)cc2)cc1. The van der Waals surface area contributed by atoms with Crippen molar-refractivity contribution in [2.75, 3.05) is 0 Å². The molecule has 0 saturated heterocycles. The number of aryl methyl sites for hydroxylation is 1. The van der Waals surface area contributed by atoms with Gasteiger partial charge in [-0.1, -0.05) is 53.0 Å². The van der Waals surface area contributed by atoms with Crippen molar-refractivity contribution in [2.24, 2.45) is 4.40 Å². The summed E-state index contributed by atoms with van der Waals surface area (Å²) >= 11 is 11.7. The summed E-state index contributed by atoms with van der Waals surface area (Å²) in [5.41, 5.74) is 1.46. The van der Waals surface area contributed by atoms with Crippen LogP contribution in [0.25, 0.3) is 0 Å². The molecule has 0 bridgehead atoms. The Morgan fingerprint density at radius 2 is 1.55 bits per heavy atom. The molecule has 0 fully saturated rings. The van der Waals surface area contributed by atoms with Gasteiger partial charge in [-0.25, -0.2) is 0 Å². The minimum absolute atomic E-state index is 0.0951. The Labute approximate surface area is 127 Å². The fourth-order valence-corrected chi connectivity index (χ4v) is 2.93. The minimum atomic E-state index is -3.81. The molecule has 104 valence electrons. The van der Waals surface area contributed by atoms with Crippen LogP contribution in [-0.4, -0.2) is 13.6 Å². The molecule has 0 heterocycles. The first-order valence-corrected chi connectivity index (χ1v) is 7.91. The second-order valence-electron chi connectivity index (χ2n) is 4.18. The van der Waals surface area contributed by atoms with E-state index in [2.05, 4.69) is 4.40 Å². The van der Waals surface area contributed by atoms with Crippen LogP contribution in [0.5, 0.6) is 0 Å². The van der Waals surface area contributed by atoms with E-state index < -0.39 is 10.0 Å². The van der Waals surface area contributed by atoms with E-state index >= 15 is 0 Å². The lowest BCUT2D eigenvalue weighted by atomic mass is 10.2. The molecule has 20 heavy (non-hydrogen) atoms. The zero-order chi connectivity index (χ0) is 14.8. The Morgan fingerprint density at radius 1 is 1.00 bits per heavy atom. The molecule has 0 aliphatic heterocycles. The number of hydrogen-bond donors (Lipinski definition) is 0. The maximum Gasteiger partial charge on any atom is 0.283 e. The normalized spacial score (nSPS) is 12.4. The Hall–Kier alpha value is -1.36. The van der Waals surface area contributed by atoms with E-state index in [4.69, 9.17) is 23.2 Å². The fourth-order valence-electron chi connectivity index (χ4n) is 1.51. The summed E-state index contributed by atoms with van der Waals surface area (Å²) in [6, 6.07) is 12.9. The number of sulfonamides is 1. The first kappa shape index (κ1) is 15.0. The van der Waals surface area contributed by atoms with E-state index in [1.54, 1.807) is 36.4 Å². The van der Waals surface area contributed by atoms with Gasteiger partial charge in [-0.15, -0.1) is 4.40 Å². The quantitative estimate of drug-likeness (QED) is 0.799. The zero-order valence-corrected chi connectivity index (χ0v) is 12.9. The maximum atomic E-state index is 12.1. The Morgan fingerprint density at radius 3 is 2.10 bits per heavy atom.